The van der Waals surface area contributed by atoms with E-state index in [1.54, 1.807) is 10.8 Å². The van der Waals surface area contributed by atoms with Gasteiger partial charge < -0.3 is 4.42 Å². The topological polar surface area (TPSA) is 189 Å². The zero-order valence-electron chi connectivity index (χ0n) is 24.1. The average Bonchev–Trinajstić information content (AvgIpc) is 3.76. The number of fused-ring (bicyclic) bond motifs is 2. The first-order valence-corrected chi connectivity index (χ1v) is 16.3. The van der Waals surface area contributed by atoms with Crippen molar-refractivity contribution in [2.24, 2.45) is 0 Å². The van der Waals surface area contributed by atoms with Gasteiger partial charge in [-0.15, -0.1) is 0 Å². The number of H-pyrrole nitrogens is 2. The summed E-state index contributed by atoms with van der Waals surface area (Å²) in [4.78, 5) is 7.73. The Balaban J connectivity index is 0.000000188. The monoisotopic (exact) mass is 716 g/mol. The molecule has 0 saturated heterocycles. The lowest BCUT2D eigenvalue weighted by Crippen LogP contribution is -2.38. The summed E-state index contributed by atoms with van der Waals surface area (Å²) in [6, 6.07) is 11.4. The van der Waals surface area contributed by atoms with Crippen LogP contribution in [0.2, 0.25) is 0 Å². The highest BCUT2D eigenvalue weighted by Crippen LogP contribution is 2.35. The van der Waals surface area contributed by atoms with Crippen molar-refractivity contribution in [2.45, 2.75) is 41.9 Å². The highest BCUT2D eigenvalue weighted by Gasteiger charge is 2.44. The molecule has 0 amide bonds. The number of benzene rings is 1. The maximum Gasteiger partial charge on any atom is 0.449 e. The molecule has 5 heterocycles. The highest BCUT2D eigenvalue weighted by atomic mass is 32.2. The number of pyridine rings is 2. The third-order valence-corrected chi connectivity index (χ3v) is 9.27. The van der Waals surface area contributed by atoms with Gasteiger partial charge >= 0.3 is 12.4 Å². The number of nitrogens with zero attached hydrogens (tertiary/aromatic N) is 4. The first-order chi connectivity index (χ1) is 22.5. The Morgan fingerprint density at radius 2 is 1.33 bits per heavy atom. The maximum atomic E-state index is 13.3. The van der Waals surface area contributed by atoms with E-state index >= 15 is 0 Å². The van der Waals surface area contributed by atoms with Gasteiger partial charge in [-0.3, -0.25) is 10.2 Å². The number of alkyl halides is 6. The number of rotatable bonds is 8. The molecule has 0 aliphatic carbocycles. The first kappa shape index (κ1) is 34.5. The van der Waals surface area contributed by atoms with E-state index in [4.69, 9.17) is 0 Å². The zero-order valence-corrected chi connectivity index (χ0v) is 25.8. The van der Waals surface area contributed by atoms with Crippen molar-refractivity contribution >= 4 is 42.1 Å². The van der Waals surface area contributed by atoms with Crippen LogP contribution in [0, 0.1) is 6.92 Å². The Kier molecular flexibility index (Phi) is 9.32. The van der Waals surface area contributed by atoms with Gasteiger partial charge in [0.15, 0.2) is 21.3 Å². The number of sulfonamides is 2. The highest BCUT2D eigenvalue weighted by molar-refractivity contribution is 7.89. The summed E-state index contributed by atoms with van der Waals surface area (Å²) >= 11 is 0. The summed E-state index contributed by atoms with van der Waals surface area (Å²) in [5.41, 5.74) is -0.227. The summed E-state index contributed by atoms with van der Waals surface area (Å²) in [6.45, 7) is 0.774. The van der Waals surface area contributed by atoms with Crippen molar-refractivity contribution in [1.82, 2.24) is 39.8 Å². The van der Waals surface area contributed by atoms with E-state index in [2.05, 4.69) is 39.5 Å². The lowest BCUT2D eigenvalue weighted by molar-refractivity contribution is -0.154. The fourth-order valence-electron chi connectivity index (χ4n) is 4.43. The molecule has 0 aliphatic rings. The fourth-order valence-corrected chi connectivity index (χ4v) is 6.85. The van der Waals surface area contributed by atoms with Crippen molar-refractivity contribution in [3.63, 3.8) is 0 Å². The van der Waals surface area contributed by atoms with Crippen LogP contribution in [-0.4, -0.2) is 53.4 Å². The van der Waals surface area contributed by atoms with Crippen LogP contribution in [0.5, 0.6) is 0 Å². The van der Waals surface area contributed by atoms with Gasteiger partial charge in [-0.05, 0) is 42.8 Å². The molecule has 4 N–H and O–H groups in total. The van der Waals surface area contributed by atoms with Crippen molar-refractivity contribution in [1.29, 1.82) is 0 Å². The molecule has 0 unspecified atom stereocenters. The summed E-state index contributed by atoms with van der Waals surface area (Å²) in [5.74, 6) is -1.19. The molecular weight excluding hydrogens is 694 g/mol. The van der Waals surface area contributed by atoms with E-state index in [9.17, 15) is 43.2 Å². The number of hydrogen-bond acceptors (Lipinski definition) is 9. The molecule has 5 aromatic heterocycles. The van der Waals surface area contributed by atoms with Crippen LogP contribution in [0.1, 0.15) is 28.7 Å². The summed E-state index contributed by atoms with van der Waals surface area (Å²) < 4.78 is 137. The molecule has 6 aromatic rings. The Hall–Kier alpha value is -4.86. The lowest BCUT2D eigenvalue weighted by atomic mass is 10.1. The number of furan rings is 1. The fraction of sp³-hybridized carbons (Fsp3) is 0.185. The van der Waals surface area contributed by atoms with Crippen molar-refractivity contribution < 1.29 is 47.6 Å². The Morgan fingerprint density at radius 1 is 0.792 bits per heavy atom. The normalized spacial score (nSPS) is 13.4. The number of aromatic nitrogens is 6. The lowest BCUT2D eigenvalue weighted by Gasteiger charge is -2.21. The van der Waals surface area contributed by atoms with E-state index < -0.39 is 55.8 Å². The molecule has 6 rings (SSSR count). The van der Waals surface area contributed by atoms with Crippen LogP contribution in [0.3, 0.4) is 0 Å². The van der Waals surface area contributed by atoms with Crippen molar-refractivity contribution in [2.75, 3.05) is 0 Å². The van der Waals surface area contributed by atoms with Crippen LogP contribution in [0.4, 0.5) is 26.3 Å². The van der Waals surface area contributed by atoms with Crippen molar-refractivity contribution in [3.05, 3.63) is 95.7 Å². The van der Waals surface area contributed by atoms with Crippen LogP contribution < -0.4 is 9.44 Å². The molecule has 48 heavy (non-hydrogen) atoms. The predicted octanol–water partition coefficient (Wildman–Crippen LogP) is 4.90. The number of aromatic amines is 2. The van der Waals surface area contributed by atoms with Gasteiger partial charge in [-0.25, -0.2) is 31.5 Å². The van der Waals surface area contributed by atoms with E-state index in [0.29, 0.717) is 0 Å². The second-order valence-electron chi connectivity index (χ2n) is 9.89. The smallest absolute Gasteiger partial charge is 0.449 e. The van der Waals surface area contributed by atoms with Crippen LogP contribution in [0.15, 0.2) is 87.5 Å². The first-order valence-electron chi connectivity index (χ1n) is 13.4. The maximum absolute atomic E-state index is 13.3. The standard InChI is InChI=1S/C14H11F3N4O2S.C13H11F3N4O3S/c15-14(16,17)11(9-5-2-1-3-6-9)21-24(22,23)13-10-7-4-8-18-12(10)19-20-13;1-7-5-8(10(23-7)13(14,15)16)6-18-24(21,22)12-9-3-2-4-17-11(9)19-20-12/h1-8,11,21H,(H,18,19,20);2-5,18H,6H2,1H3,(H,17,19,20)/t11-;/m0./s1. The van der Waals surface area contributed by atoms with Crippen LogP contribution in [0.25, 0.3) is 22.1 Å². The summed E-state index contributed by atoms with van der Waals surface area (Å²) in [6.07, 6.45) is -6.67. The van der Waals surface area contributed by atoms with Gasteiger partial charge in [0, 0.05) is 24.5 Å². The van der Waals surface area contributed by atoms with Gasteiger partial charge in [0.25, 0.3) is 20.0 Å². The molecule has 0 saturated carbocycles. The Morgan fingerprint density at radius 3 is 1.85 bits per heavy atom. The molecule has 0 spiro atoms. The molecular formula is C27H22F6N8O5S2. The quantitative estimate of drug-likeness (QED) is 0.159. The second-order valence-corrected chi connectivity index (χ2v) is 13.2. The minimum atomic E-state index is -4.80. The van der Waals surface area contributed by atoms with E-state index in [1.165, 1.54) is 67.8 Å². The molecule has 21 heteroatoms. The molecule has 0 fully saturated rings. The molecule has 0 aliphatic heterocycles. The van der Waals surface area contributed by atoms with E-state index in [0.717, 1.165) is 6.07 Å². The largest absolute Gasteiger partial charge is 0.456 e. The molecule has 13 nitrogen and oxygen atoms in total. The third kappa shape index (κ3) is 7.48. The summed E-state index contributed by atoms with van der Waals surface area (Å²) in [7, 11) is -8.61. The molecule has 254 valence electrons. The zero-order chi connectivity index (χ0) is 34.9. The van der Waals surface area contributed by atoms with Gasteiger partial charge in [0.05, 0.1) is 10.8 Å². The number of aryl methyl sites for hydroxylation is 1. The molecule has 0 bridgehead atoms. The average molecular weight is 717 g/mol. The second kappa shape index (κ2) is 13.0. The molecule has 1 aromatic carbocycles. The SMILES string of the molecule is Cc1cc(CNS(=O)(=O)c2[nH]nc3ncccc23)c(C(F)(F)F)o1.O=S(=O)(N[C@@H](c1ccccc1)C(F)(F)F)c1[nH]nc2ncccc12. The van der Waals surface area contributed by atoms with Crippen LogP contribution in [-0.2, 0) is 32.8 Å². The Labute approximate surface area is 266 Å². The van der Waals surface area contributed by atoms with Gasteiger partial charge in [0.1, 0.15) is 11.8 Å². The van der Waals surface area contributed by atoms with Gasteiger partial charge in [-0.2, -0.15) is 41.3 Å². The minimum Gasteiger partial charge on any atom is -0.456 e. The van der Waals surface area contributed by atoms with Crippen molar-refractivity contribution in [3.8, 4) is 0 Å². The third-order valence-electron chi connectivity index (χ3n) is 6.50. The molecule has 1 atom stereocenters. The van der Waals surface area contributed by atoms with Gasteiger partial charge in [0.2, 0.25) is 5.76 Å². The molecule has 0 radical (unpaired) electrons. The number of nitrogens with one attached hydrogen (secondary N) is 4. The summed E-state index contributed by atoms with van der Waals surface area (Å²) in [5, 5.41) is 11.6. The number of halogens is 6. The van der Waals surface area contributed by atoms with Gasteiger partial charge in [-0.1, -0.05) is 30.3 Å². The minimum absolute atomic E-state index is 0.0349. The predicted molar refractivity (Wildman–Crippen MR) is 156 cm³/mol. The Bertz CT molecular complexity index is 2270. The van der Waals surface area contributed by atoms with E-state index in [-0.39, 0.29) is 44.0 Å². The number of hydrogen-bond donors (Lipinski definition) is 4. The van der Waals surface area contributed by atoms with Crippen LogP contribution >= 0.6 is 0 Å². The van der Waals surface area contributed by atoms with E-state index in [1.807, 2.05) is 0 Å².